The van der Waals surface area contributed by atoms with Crippen molar-refractivity contribution in [3.05, 3.63) is 94.6 Å². The summed E-state index contributed by atoms with van der Waals surface area (Å²) in [6, 6.07) is 18.1. The minimum absolute atomic E-state index is 0.0187. The minimum Gasteiger partial charge on any atom is -0.496 e. The van der Waals surface area contributed by atoms with Crippen molar-refractivity contribution >= 4 is 35.0 Å². The fourth-order valence-corrected chi connectivity index (χ4v) is 6.41. The standard InChI is InChI=1S/C37H43N3O7/c1-25(27(23-32(41)42)11-10-18-39-19-21-46-22-20-39)16-17-30-34(33-31(24-47-36(33)43)26(2)35(30)45-3)38-37(44)40(28-12-6-4-7-13-28)29-14-8-5-9-15-29/h4-9,12-16,27H,10-11,17-24H2,1-3H3,(H,38,44)(H,41,42)/b25-16+. The molecule has 10 nitrogen and oxygen atoms in total. The second-order valence-corrected chi connectivity index (χ2v) is 11.9. The summed E-state index contributed by atoms with van der Waals surface area (Å²) in [6.45, 7) is 8.03. The van der Waals surface area contributed by atoms with Gasteiger partial charge in [0.05, 0.1) is 49.4 Å². The number of amides is 2. The molecule has 0 aliphatic carbocycles. The van der Waals surface area contributed by atoms with E-state index in [0.29, 0.717) is 45.9 Å². The number of benzene rings is 3. The summed E-state index contributed by atoms with van der Waals surface area (Å²) in [4.78, 5) is 43.1. The molecule has 2 amide bonds. The molecule has 3 aromatic carbocycles. The molecule has 3 aromatic rings. The van der Waals surface area contributed by atoms with Crippen molar-refractivity contribution in [2.75, 3.05) is 50.2 Å². The largest absolute Gasteiger partial charge is 0.496 e. The van der Waals surface area contributed by atoms with Crippen molar-refractivity contribution in [3.63, 3.8) is 0 Å². The molecule has 0 radical (unpaired) electrons. The first kappa shape index (κ1) is 33.7. The molecule has 248 valence electrons. The van der Waals surface area contributed by atoms with E-state index in [4.69, 9.17) is 14.2 Å². The molecule has 2 heterocycles. The van der Waals surface area contributed by atoms with Gasteiger partial charge in [0, 0.05) is 24.2 Å². The molecule has 1 saturated heterocycles. The number of nitrogens with zero attached hydrogens (tertiary/aromatic N) is 2. The van der Waals surface area contributed by atoms with Crippen molar-refractivity contribution in [2.24, 2.45) is 5.92 Å². The molecule has 1 unspecified atom stereocenters. The summed E-state index contributed by atoms with van der Waals surface area (Å²) >= 11 is 0. The number of anilines is 3. The number of hydrogen-bond acceptors (Lipinski definition) is 7. The zero-order valence-electron chi connectivity index (χ0n) is 27.3. The lowest BCUT2D eigenvalue weighted by molar-refractivity contribution is -0.137. The Morgan fingerprint density at radius 2 is 1.70 bits per heavy atom. The third kappa shape index (κ3) is 8.01. The molecule has 1 atom stereocenters. The molecule has 0 aromatic heterocycles. The summed E-state index contributed by atoms with van der Waals surface area (Å²) in [5.74, 6) is -0.974. The number of para-hydroxylation sites is 2. The van der Waals surface area contributed by atoms with Crippen LogP contribution in [0.5, 0.6) is 5.75 Å². The van der Waals surface area contributed by atoms with Crippen LogP contribution in [0.25, 0.3) is 0 Å². The highest BCUT2D eigenvalue weighted by Gasteiger charge is 2.34. The number of ether oxygens (including phenoxy) is 3. The van der Waals surface area contributed by atoms with Crippen LogP contribution in [0.15, 0.2) is 72.3 Å². The molecule has 47 heavy (non-hydrogen) atoms. The van der Waals surface area contributed by atoms with E-state index in [2.05, 4.69) is 10.2 Å². The molecule has 0 saturated carbocycles. The monoisotopic (exact) mass is 641 g/mol. The number of aliphatic carboxylic acids is 1. The SMILES string of the molecule is COc1c(C)c2c(c(NC(=O)N(c3ccccc3)c3ccccc3)c1C/C=C(\C)C(CCCN1CCOCC1)CC(=O)O)C(=O)OC2. The lowest BCUT2D eigenvalue weighted by Crippen LogP contribution is -2.37. The number of allylic oxidation sites excluding steroid dienone is 2. The first-order valence-corrected chi connectivity index (χ1v) is 16.1. The fraction of sp³-hybridized carbons (Fsp3) is 0.378. The average molecular weight is 642 g/mol. The average Bonchev–Trinajstić information content (AvgIpc) is 3.47. The summed E-state index contributed by atoms with van der Waals surface area (Å²) < 4.78 is 16.8. The number of methoxy groups -OCH3 is 1. The Bertz CT molecular complexity index is 1560. The van der Waals surface area contributed by atoms with E-state index < -0.39 is 18.0 Å². The summed E-state index contributed by atoms with van der Waals surface area (Å²) in [5, 5.41) is 12.8. The number of carbonyl (C=O) groups excluding carboxylic acids is 2. The highest BCUT2D eigenvalue weighted by atomic mass is 16.5. The Kier molecular flexibility index (Phi) is 11.3. The second-order valence-electron chi connectivity index (χ2n) is 11.9. The molecular formula is C37H43N3O7. The van der Waals surface area contributed by atoms with E-state index in [1.54, 1.807) is 12.0 Å². The van der Waals surface area contributed by atoms with Crippen molar-refractivity contribution in [3.8, 4) is 5.75 Å². The predicted octanol–water partition coefficient (Wildman–Crippen LogP) is 6.74. The van der Waals surface area contributed by atoms with Gasteiger partial charge in [0.2, 0.25) is 0 Å². The maximum absolute atomic E-state index is 14.2. The highest BCUT2D eigenvalue weighted by molar-refractivity contribution is 6.11. The highest BCUT2D eigenvalue weighted by Crippen LogP contribution is 2.42. The third-order valence-electron chi connectivity index (χ3n) is 8.96. The minimum atomic E-state index is -0.849. The van der Waals surface area contributed by atoms with Gasteiger partial charge in [-0.2, -0.15) is 0 Å². The van der Waals surface area contributed by atoms with Gasteiger partial charge in [-0.1, -0.05) is 48.0 Å². The van der Waals surface area contributed by atoms with Gasteiger partial charge in [-0.15, -0.1) is 0 Å². The van der Waals surface area contributed by atoms with Crippen LogP contribution >= 0.6 is 0 Å². The first-order chi connectivity index (χ1) is 22.8. The number of cyclic esters (lactones) is 1. The molecule has 1 fully saturated rings. The maximum atomic E-state index is 14.2. The zero-order chi connectivity index (χ0) is 33.3. The number of rotatable bonds is 13. The lowest BCUT2D eigenvalue weighted by atomic mass is 9.89. The van der Waals surface area contributed by atoms with Crippen molar-refractivity contribution in [2.45, 2.75) is 46.1 Å². The van der Waals surface area contributed by atoms with Gasteiger partial charge in [-0.25, -0.2) is 9.59 Å². The van der Waals surface area contributed by atoms with Crippen LogP contribution in [0.3, 0.4) is 0 Å². The normalized spacial score (nSPS) is 15.5. The van der Waals surface area contributed by atoms with Crippen LogP contribution in [0.4, 0.5) is 21.9 Å². The lowest BCUT2D eigenvalue weighted by Gasteiger charge is -2.27. The number of nitrogens with one attached hydrogen (secondary N) is 1. The van der Waals surface area contributed by atoms with Gasteiger partial charge >= 0.3 is 18.0 Å². The Balaban J connectivity index is 1.48. The van der Waals surface area contributed by atoms with Gasteiger partial charge < -0.3 is 24.6 Å². The number of carboxylic acid groups (broad SMARTS) is 1. The van der Waals surface area contributed by atoms with E-state index in [-0.39, 0.29) is 18.9 Å². The molecule has 0 spiro atoms. The van der Waals surface area contributed by atoms with Gasteiger partial charge in [0.15, 0.2) is 0 Å². The topological polar surface area (TPSA) is 118 Å². The summed E-state index contributed by atoms with van der Waals surface area (Å²) in [5.41, 5.74) is 4.95. The number of carbonyl (C=O) groups is 3. The van der Waals surface area contributed by atoms with Crippen LogP contribution in [-0.2, 0) is 27.3 Å². The third-order valence-corrected chi connectivity index (χ3v) is 8.96. The van der Waals surface area contributed by atoms with Crippen LogP contribution in [-0.4, -0.2) is 67.9 Å². The van der Waals surface area contributed by atoms with Crippen LogP contribution in [0.1, 0.15) is 53.2 Å². The van der Waals surface area contributed by atoms with E-state index in [9.17, 15) is 19.5 Å². The molecular weight excluding hydrogens is 598 g/mol. The number of morpholine rings is 1. The van der Waals surface area contributed by atoms with Gasteiger partial charge in [0.25, 0.3) is 0 Å². The number of hydrogen-bond donors (Lipinski definition) is 2. The van der Waals surface area contributed by atoms with Crippen LogP contribution in [0, 0.1) is 12.8 Å². The molecule has 2 aliphatic rings. The Labute approximate surface area is 275 Å². The quantitative estimate of drug-likeness (QED) is 0.156. The van der Waals surface area contributed by atoms with Crippen LogP contribution in [0.2, 0.25) is 0 Å². The number of fused-ring (bicyclic) bond motifs is 1. The Morgan fingerprint density at radius 3 is 2.30 bits per heavy atom. The number of urea groups is 1. The fourth-order valence-electron chi connectivity index (χ4n) is 6.41. The van der Waals surface area contributed by atoms with Gasteiger partial charge in [0.1, 0.15) is 12.4 Å². The molecule has 5 rings (SSSR count). The van der Waals surface area contributed by atoms with Crippen molar-refractivity contribution in [1.82, 2.24) is 4.90 Å². The first-order valence-electron chi connectivity index (χ1n) is 16.1. The van der Waals surface area contributed by atoms with Gasteiger partial charge in [-0.05, 0) is 75.4 Å². The molecule has 2 N–H and O–H groups in total. The van der Waals surface area contributed by atoms with Crippen molar-refractivity contribution < 1.29 is 33.7 Å². The molecule has 10 heteroatoms. The number of carboxylic acids is 1. The maximum Gasteiger partial charge on any atom is 0.341 e. The Morgan fingerprint density at radius 1 is 1.06 bits per heavy atom. The molecule has 2 aliphatic heterocycles. The Hall–Kier alpha value is -4.67. The van der Waals surface area contributed by atoms with Crippen molar-refractivity contribution in [1.29, 1.82) is 0 Å². The summed E-state index contributed by atoms with van der Waals surface area (Å²) in [6.07, 6.45) is 3.92. The molecule has 0 bridgehead atoms. The van der Waals surface area contributed by atoms with Crippen LogP contribution < -0.4 is 15.0 Å². The van der Waals surface area contributed by atoms with Gasteiger partial charge in [-0.3, -0.25) is 14.6 Å². The van der Waals surface area contributed by atoms with E-state index >= 15 is 0 Å². The zero-order valence-corrected chi connectivity index (χ0v) is 27.3. The second kappa shape index (κ2) is 15.8. The van der Waals surface area contributed by atoms with E-state index in [1.165, 1.54) is 0 Å². The summed E-state index contributed by atoms with van der Waals surface area (Å²) in [7, 11) is 1.57. The number of esters is 1. The predicted molar refractivity (Wildman–Crippen MR) is 181 cm³/mol. The smallest absolute Gasteiger partial charge is 0.341 e. The van der Waals surface area contributed by atoms with E-state index in [1.807, 2.05) is 80.6 Å². The van der Waals surface area contributed by atoms with E-state index in [0.717, 1.165) is 56.8 Å².